The van der Waals surface area contributed by atoms with Crippen LogP contribution in [0, 0.1) is 11.8 Å². The third-order valence-corrected chi connectivity index (χ3v) is 3.05. The van der Waals surface area contributed by atoms with Crippen molar-refractivity contribution in [3.8, 4) is 11.8 Å². The molecular formula is C17H16O2. The maximum atomic E-state index is 12.2. The van der Waals surface area contributed by atoms with Gasteiger partial charge in [-0.15, -0.1) is 11.8 Å². The van der Waals surface area contributed by atoms with Gasteiger partial charge in [0.05, 0.1) is 0 Å². The second-order valence-corrected chi connectivity index (χ2v) is 4.51. The molecule has 0 fully saturated rings. The van der Waals surface area contributed by atoms with E-state index in [9.17, 15) is 9.59 Å². The molecule has 1 aromatic rings. The molecule has 0 aliphatic heterocycles. The van der Waals surface area contributed by atoms with Crippen molar-refractivity contribution in [2.75, 3.05) is 0 Å². The summed E-state index contributed by atoms with van der Waals surface area (Å²) in [4.78, 5) is 24.1. The lowest BCUT2D eigenvalue weighted by Gasteiger charge is -2.13. The number of hydrogen-bond donors (Lipinski definition) is 0. The summed E-state index contributed by atoms with van der Waals surface area (Å²) in [5, 5.41) is 0. The zero-order valence-electron chi connectivity index (χ0n) is 11.0. The molecule has 0 amide bonds. The molecule has 2 heteroatoms. The highest BCUT2D eigenvalue weighted by Crippen LogP contribution is 2.23. The fraction of sp³-hybridized carbons (Fsp3) is 0.294. The van der Waals surface area contributed by atoms with Crippen LogP contribution in [-0.2, 0) is 0 Å². The van der Waals surface area contributed by atoms with E-state index in [1.54, 1.807) is 24.3 Å². The van der Waals surface area contributed by atoms with Gasteiger partial charge in [-0.3, -0.25) is 9.59 Å². The fourth-order valence-corrected chi connectivity index (χ4v) is 2.06. The van der Waals surface area contributed by atoms with Gasteiger partial charge < -0.3 is 0 Å². The average molecular weight is 252 g/mol. The summed E-state index contributed by atoms with van der Waals surface area (Å²) in [5.74, 6) is 5.97. The summed E-state index contributed by atoms with van der Waals surface area (Å²) < 4.78 is 0. The van der Waals surface area contributed by atoms with Gasteiger partial charge in [-0.05, 0) is 18.9 Å². The Kier molecular flexibility index (Phi) is 4.30. The van der Waals surface area contributed by atoms with E-state index in [1.165, 1.54) is 6.08 Å². The number of unbranched alkanes of at least 4 members (excludes halogenated alkanes) is 1. The van der Waals surface area contributed by atoms with Crippen molar-refractivity contribution < 1.29 is 9.59 Å². The standard InChI is InChI=1S/C17H16O2/c1-2-3-4-5-6-9-13-12-16(18)14-10-7-8-11-15(14)17(13)19/h7-8,10-12H,2-3,6,9H2,1H3. The minimum atomic E-state index is -0.0771. The number of allylic oxidation sites excluding steroid dienone is 2. The third kappa shape index (κ3) is 3.00. The molecule has 2 nitrogen and oxygen atoms in total. The normalized spacial score (nSPS) is 13.4. The van der Waals surface area contributed by atoms with Crippen molar-refractivity contribution in [2.24, 2.45) is 0 Å². The van der Waals surface area contributed by atoms with Gasteiger partial charge in [-0.1, -0.05) is 31.2 Å². The maximum Gasteiger partial charge on any atom is 0.189 e. The maximum absolute atomic E-state index is 12.2. The molecule has 0 saturated heterocycles. The Balaban J connectivity index is 2.11. The van der Waals surface area contributed by atoms with Crippen molar-refractivity contribution in [1.82, 2.24) is 0 Å². The molecule has 0 N–H and O–H groups in total. The summed E-state index contributed by atoms with van der Waals surface area (Å²) in [6.45, 7) is 2.08. The first-order chi connectivity index (χ1) is 9.24. The third-order valence-electron chi connectivity index (χ3n) is 3.05. The average Bonchev–Trinajstić information content (AvgIpc) is 2.44. The molecular weight excluding hydrogens is 236 g/mol. The Morgan fingerprint density at radius 1 is 1.00 bits per heavy atom. The molecule has 19 heavy (non-hydrogen) atoms. The molecule has 0 aromatic heterocycles. The van der Waals surface area contributed by atoms with Gasteiger partial charge in [0.15, 0.2) is 11.6 Å². The zero-order chi connectivity index (χ0) is 13.7. The summed E-state index contributed by atoms with van der Waals surface area (Å²) in [6, 6.07) is 6.97. The molecule has 0 saturated carbocycles. The first-order valence-corrected chi connectivity index (χ1v) is 6.58. The Morgan fingerprint density at radius 2 is 1.68 bits per heavy atom. The Morgan fingerprint density at radius 3 is 2.42 bits per heavy atom. The molecule has 96 valence electrons. The van der Waals surface area contributed by atoms with E-state index < -0.39 is 0 Å². The number of benzene rings is 1. The van der Waals surface area contributed by atoms with E-state index in [4.69, 9.17) is 0 Å². The molecule has 0 atom stereocenters. The lowest BCUT2D eigenvalue weighted by Crippen LogP contribution is -2.16. The summed E-state index contributed by atoms with van der Waals surface area (Å²) >= 11 is 0. The van der Waals surface area contributed by atoms with Crippen LogP contribution in [0.25, 0.3) is 0 Å². The first-order valence-electron chi connectivity index (χ1n) is 6.58. The van der Waals surface area contributed by atoms with Crippen LogP contribution in [0.2, 0.25) is 0 Å². The molecule has 2 rings (SSSR count). The zero-order valence-corrected chi connectivity index (χ0v) is 11.0. The molecule has 1 aromatic carbocycles. The van der Waals surface area contributed by atoms with Crippen molar-refractivity contribution in [3.05, 3.63) is 47.0 Å². The summed E-state index contributed by atoms with van der Waals surface area (Å²) in [5.41, 5.74) is 1.61. The summed E-state index contributed by atoms with van der Waals surface area (Å²) in [7, 11) is 0. The fourth-order valence-electron chi connectivity index (χ4n) is 2.06. The van der Waals surface area contributed by atoms with E-state index in [1.807, 2.05) is 0 Å². The number of hydrogen-bond acceptors (Lipinski definition) is 2. The quantitative estimate of drug-likeness (QED) is 0.770. The van der Waals surface area contributed by atoms with Crippen molar-refractivity contribution >= 4 is 11.6 Å². The van der Waals surface area contributed by atoms with Crippen LogP contribution in [0.4, 0.5) is 0 Å². The number of rotatable bonds is 3. The van der Waals surface area contributed by atoms with Crippen LogP contribution in [0.3, 0.4) is 0 Å². The van der Waals surface area contributed by atoms with Crippen LogP contribution in [0.1, 0.15) is 53.3 Å². The monoisotopic (exact) mass is 252 g/mol. The molecule has 0 heterocycles. The van der Waals surface area contributed by atoms with Crippen LogP contribution < -0.4 is 0 Å². The predicted molar refractivity (Wildman–Crippen MR) is 75.1 cm³/mol. The molecule has 0 bridgehead atoms. The second kappa shape index (κ2) is 6.15. The number of carbonyl (C=O) groups excluding carboxylic acids is 2. The second-order valence-electron chi connectivity index (χ2n) is 4.51. The highest BCUT2D eigenvalue weighted by Gasteiger charge is 2.24. The van der Waals surface area contributed by atoms with E-state index in [0.717, 1.165) is 12.8 Å². The molecule has 1 aliphatic rings. The SMILES string of the molecule is CCCC#CCCC1=CC(=O)c2ccccc2C1=O. The van der Waals surface area contributed by atoms with Gasteiger partial charge in [-0.2, -0.15) is 0 Å². The van der Waals surface area contributed by atoms with Gasteiger partial charge in [0.25, 0.3) is 0 Å². The molecule has 1 aliphatic carbocycles. The largest absolute Gasteiger partial charge is 0.289 e. The number of ketones is 2. The van der Waals surface area contributed by atoms with E-state index >= 15 is 0 Å². The van der Waals surface area contributed by atoms with Gasteiger partial charge in [0, 0.05) is 29.5 Å². The van der Waals surface area contributed by atoms with Gasteiger partial charge in [0.2, 0.25) is 0 Å². The lowest BCUT2D eigenvalue weighted by atomic mass is 9.88. The molecule has 0 spiro atoms. The van der Waals surface area contributed by atoms with Gasteiger partial charge in [-0.25, -0.2) is 0 Å². The lowest BCUT2D eigenvalue weighted by molar-refractivity contribution is 0.0981. The van der Waals surface area contributed by atoms with Crippen molar-refractivity contribution in [3.63, 3.8) is 0 Å². The Bertz CT molecular complexity index is 597. The number of Topliss-reactive ketones (excluding diaryl/α,β-unsaturated/α-hetero) is 1. The summed E-state index contributed by atoms with van der Waals surface area (Å²) in [6.07, 6.45) is 4.57. The van der Waals surface area contributed by atoms with Gasteiger partial charge in [0.1, 0.15) is 0 Å². The number of fused-ring (bicyclic) bond motifs is 1. The highest BCUT2D eigenvalue weighted by atomic mass is 16.1. The van der Waals surface area contributed by atoms with E-state index in [0.29, 0.717) is 29.5 Å². The van der Waals surface area contributed by atoms with Gasteiger partial charge >= 0.3 is 0 Å². The van der Waals surface area contributed by atoms with Crippen LogP contribution in [0.15, 0.2) is 35.9 Å². The Labute approximate surface area is 113 Å². The number of carbonyl (C=O) groups is 2. The van der Waals surface area contributed by atoms with Crippen LogP contribution >= 0.6 is 0 Å². The Hall–Kier alpha value is -2.14. The first kappa shape index (κ1) is 13.3. The van der Waals surface area contributed by atoms with E-state index in [2.05, 4.69) is 18.8 Å². The minimum absolute atomic E-state index is 0.0347. The topological polar surface area (TPSA) is 34.1 Å². The highest BCUT2D eigenvalue weighted by molar-refractivity contribution is 6.24. The van der Waals surface area contributed by atoms with Crippen molar-refractivity contribution in [1.29, 1.82) is 0 Å². The molecule has 0 radical (unpaired) electrons. The molecule has 0 unspecified atom stereocenters. The van der Waals surface area contributed by atoms with E-state index in [-0.39, 0.29) is 11.6 Å². The smallest absolute Gasteiger partial charge is 0.189 e. The predicted octanol–water partition coefficient (Wildman–Crippen LogP) is 3.58. The van der Waals surface area contributed by atoms with Crippen LogP contribution in [-0.4, -0.2) is 11.6 Å². The van der Waals surface area contributed by atoms with Crippen LogP contribution in [0.5, 0.6) is 0 Å². The van der Waals surface area contributed by atoms with Crippen molar-refractivity contribution in [2.45, 2.75) is 32.6 Å². The minimum Gasteiger partial charge on any atom is -0.289 e.